The molecule has 0 aromatic carbocycles. The van der Waals surface area contributed by atoms with Crippen LogP contribution in [0.5, 0.6) is 0 Å². The average Bonchev–Trinajstić information content (AvgIpc) is 2.56. The van der Waals surface area contributed by atoms with Crippen molar-refractivity contribution in [3.63, 3.8) is 0 Å². The summed E-state index contributed by atoms with van der Waals surface area (Å²) in [6.07, 6.45) is 7.90. The summed E-state index contributed by atoms with van der Waals surface area (Å²) in [6.45, 7) is 2.01. The predicted octanol–water partition coefficient (Wildman–Crippen LogP) is 2.32. The van der Waals surface area contributed by atoms with E-state index in [4.69, 9.17) is 0 Å². The second kappa shape index (κ2) is 6.08. The fourth-order valence-electron chi connectivity index (χ4n) is 2.82. The van der Waals surface area contributed by atoms with Crippen LogP contribution in [-0.4, -0.2) is 42.1 Å². The van der Waals surface area contributed by atoms with Gasteiger partial charge in [-0.2, -0.15) is 0 Å². The van der Waals surface area contributed by atoms with Crippen LogP contribution in [0.2, 0.25) is 0 Å². The maximum absolute atomic E-state index is 4.40. The molecule has 0 saturated carbocycles. The molecule has 0 spiro atoms. The van der Waals surface area contributed by atoms with Crippen LogP contribution in [-0.2, 0) is 0 Å². The summed E-state index contributed by atoms with van der Waals surface area (Å²) in [7, 11) is 4.05. The molecule has 21 heavy (non-hydrogen) atoms. The molecule has 0 radical (unpaired) electrons. The highest BCUT2D eigenvalue weighted by Crippen LogP contribution is 2.29. The van der Waals surface area contributed by atoms with E-state index in [2.05, 4.69) is 32.0 Å². The number of rotatable bonds is 3. The molecule has 1 saturated heterocycles. The SMILES string of the molecule is CN(C)c1cc(C2CCCN(c3ncccn3)C2)ccn1. The smallest absolute Gasteiger partial charge is 0.225 e. The quantitative estimate of drug-likeness (QED) is 0.865. The van der Waals surface area contributed by atoms with Gasteiger partial charge in [0.05, 0.1) is 0 Å². The molecule has 0 amide bonds. The molecule has 2 aromatic heterocycles. The standard InChI is InChI=1S/C16H21N5/c1-20(2)15-11-13(6-9-17-15)14-5-3-10-21(12-14)16-18-7-4-8-19-16/h4,6-9,11,14H,3,5,10,12H2,1-2H3. The Morgan fingerprint density at radius 3 is 2.71 bits per heavy atom. The zero-order chi connectivity index (χ0) is 14.7. The Morgan fingerprint density at radius 1 is 1.14 bits per heavy atom. The zero-order valence-corrected chi connectivity index (χ0v) is 12.6. The van der Waals surface area contributed by atoms with E-state index in [0.717, 1.165) is 24.9 Å². The number of hydrogen-bond acceptors (Lipinski definition) is 5. The Hall–Kier alpha value is -2.17. The Balaban J connectivity index is 1.78. The van der Waals surface area contributed by atoms with Crippen molar-refractivity contribution in [2.45, 2.75) is 18.8 Å². The van der Waals surface area contributed by atoms with Gasteiger partial charge < -0.3 is 9.80 Å². The van der Waals surface area contributed by atoms with E-state index >= 15 is 0 Å². The average molecular weight is 283 g/mol. The molecule has 3 rings (SSSR count). The van der Waals surface area contributed by atoms with Crippen LogP contribution < -0.4 is 9.80 Å². The van der Waals surface area contributed by atoms with E-state index in [0.29, 0.717) is 5.92 Å². The molecule has 1 atom stereocenters. The van der Waals surface area contributed by atoms with Crippen LogP contribution in [0.15, 0.2) is 36.8 Å². The van der Waals surface area contributed by atoms with Gasteiger partial charge in [0.15, 0.2) is 0 Å². The highest BCUT2D eigenvalue weighted by molar-refractivity contribution is 5.41. The molecular weight excluding hydrogens is 262 g/mol. The summed E-state index contributed by atoms with van der Waals surface area (Å²) in [6, 6.07) is 6.18. The van der Waals surface area contributed by atoms with Crippen molar-refractivity contribution in [2.24, 2.45) is 0 Å². The van der Waals surface area contributed by atoms with Gasteiger partial charge in [0.1, 0.15) is 5.82 Å². The normalized spacial score (nSPS) is 18.6. The van der Waals surface area contributed by atoms with Gasteiger partial charge in [0, 0.05) is 51.7 Å². The second-order valence-electron chi connectivity index (χ2n) is 5.68. The molecular formula is C16H21N5. The van der Waals surface area contributed by atoms with Crippen molar-refractivity contribution in [1.29, 1.82) is 0 Å². The van der Waals surface area contributed by atoms with Gasteiger partial charge in [0.25, 0.3) is 0 Å². The molecule has 110 valence electrons. The number of anilines is 2. The minimum atomic E-state index is 0.518. The van der Waals surface area contributed by atoms with Gasteiger partial charge >= 0.3 is 0 Å². The number of aromatic nitrogens is 3. The fraction of sp³-hybridized carbons (Fsp3) is 0.438. The van der Waals surface area contributed by atoms with Crippen LogP contribution in [0.25, 0.3) is 0 Å². The number of nitrogens with zero attached hydrogens (tertiary/aromatic N) is 5. The van der Waals surface area contributed by atoms with Gasteiger partial charge in [-0.15, -0.1) is 0 Å². The lowest BCUT2D eigenvalue weighted by molar-refractivity contribution is 0.503. The van der Waals surface area contributed by atoms with E-state index in [1.165, 1.54) is 18.4 Å². The molecule has 0 N–H and O–H groups in total. The third-order valence-electron chi connectivity index (χ3n) is 3.96. The van der Waals surface area contributed by atoms with Crippen LogP contribution in [0.3, 0.4) is 0 Å². The summed E-state index contributed by atoms with van der Waals surface area (Å²) in [4.78, 5) is 17.5. The van der Waals surface area contributed by atoms with Crippen molar-refractivity contribution >= 4 is 11.8 Å². The third-order valence-corrected chi connectivity index (χ3v) is 3.96. The first-order chi connectivity index (χ1) is 10.2. The molecule has 5 nitrogen and oxygen atoms in total. The summed E-state index contributed by atoms with van der Waals surface area (Å²) in [5.74, 6) is 2.37. The van der Waals surface area contributed by atoms with E-state index in [-0.39, 0.29) is 0 Å². The van der Waals surface area contributed by atoms with Crippen molar-refractivity contribution in [3.05, 3.63) is 42.4 Å². The summed E-state index contributed by atoms with van der Waals surface area (Å²) in [5, 5.41) is 0. The fourth-order valence-corrected chi connectivity index (χ4v) is 2.82. The number of piperidine rings is 1. The molecule has 1 unspecified atom stereocenters. The van der Waals surface area contributed by atoms with E-state index < -0.39 is 0 Å². The molecule has 1 aliphatic heterocycles. The highest BCUT2D eigenvalue weighted by Gasteiger charge is 2.23. The Bertz CT molecular complexity index is 584. The summed E-state index contributed by atoms with van der Waals surface area (Å²) >= 11 is 0. The van der Waals surface area contributed by atoms with Gasteiger partial charge in [-0.25, -0.2) is 15.0 Å². The van der Waals surface area contributed by atoms with Gasteiger partial charge in [-0.3, -0.25) is 0 Å². The third kappa shape index (κ3) is 3.12. The lowest BCUT2D eigenvalue weighted by Crippen LogP contribution is -2.35. The van der Waals surface area contributed by atoms with Gasteiger partial charge in [0.2, 0.25) is 5.95 Å². The topological polar surface area (TPSA) is 45.2 Å². The van der Waals surface area contributed by atoms with Crippen LogP contribution in [0.1, 0.15) is 24.3 Å². The van der Waals surface area contributed by atoms with Crippen LogP contribution >= 0.6 is 0 Å². The number of pyridine rings is 1. The van der Waals surface area contributed by atoms with E-state index in [1.54, 1.807) is 0 Å². The maximum atomic E-state index is 4.40. The van der Waals surface area contributed by atoms with E-state index in [1.807, 2.05) is 43.7 Å². The Labute approximate surface area is 125 Å². The first-order valence-corrected chi connectivity index (χ1v) is 7.39. The molecule has 1 fully saturated rings. The minimum absolute atomic E-state index is 0.518. The van der Waals surface area contributed by atoms with Crippen molar-refractivity contribution in [2.75, 3.05) is 37.0 Å². The Kier molecular flexibility index (Phi) is 3.99. The predicted molar refractivity (Wildman–Crippen MR) is 84.8 cm³/mol. The largest absolute Gasteiger partial charge is 0.363 e. The van der Waals surface area contributed by atoms with Crippen molar-refractivity contribution in [3.8, 4) is 0 Å². The monoisotopic (exact) mass is 283 g/mol. The van der Waals surface area contributed by atoms with Crippen molar-refractivity contribution in [1.82, 2.24) is 15.0 Å². The first kappa shape index (κ1) is 13.8. The molecule has 0 aliphatic carbocycles. The van der Waals surface area contributed by atoms with Crippen LogP contribution in [0.4, 0.5) is 11.8 Å². The lowest BCUT2D eigenvalue weighted by Gasteiger charge is -2.33. The molecule has 3 heterocycles. The van der Waals surface area contributed by atoms with Crippen LogP contribution in [0, 0.1) is 0 Å². The molecule has 0 bridgehead atoms. The molecule has 2 aromatic rings. The van der Waals surface area contributed by atoms with Gasteiger partial charge in [-0.1, -0.05) is 0 Å². The summed E-state index contributed by atoms with van der Waals surface area (Å²) < 4.78 is 0. The lowest BCUT2D eigenvalue weighted by atomic mass is 9.91. The first-order valence-electron chi connectivity index (χ1n) is 7.39. The summed E-state index contributed by atoms with van der Waals surface area (Å²) in [5.41, 5.74) is 1.36. The van der Waals surface area contributed by atoms with E-state index in [9.17, 15) is 0 Å². The minimum Gasteiger partial charge on any atom is -0.363 e. The molecule has 1 aliphatic rings. The Morgan fingerprint density at radius 2 is 1.95 bits per heavy atom. The van der Waals surface area contributed by atoms with Crippen molar-refractivity contribution < 1.29 is 0 Å². The maximum Gasteiger partial charge on any atom is 0.225 e. The number of hydrogen-bond donors (Lipinski definition) is 0. The highest BCUT2D eigenvalue weighted by atomic mass is 15.2. The second-order valence-corrected chi connectivity index (χ2v) is 5.68. The molecule has 5 heteroatoms. The van der Waals surface area contributed by atoms with Gasteiger partial charge in [-0.05, 0) is 36.6 Å². The zero-order valence-electron chi connectivity index (χ0n) is 12.6.